The normalized spacial score (nSPS) is 21.0. The van der Waals surface area contributed by atoms with Gasteiger partial charge in [-0.1, -0.05) is 6.07 Å². The molecule has 2 unspecified atom stereocenters. The maximum absolute atomic E-state index is 13.2. The highest BCUT2D eigenvalue weighted by atomic mass is 19.1. The number of hydrogen-bond donors (Lipinski definition) is 1. The van der Waals surface area contributed by atoms with Gasteiger partial charge in [-0.3, -0.25) is 4.90 Å². The monoisotopic (exact) mass is 304 g/mol. The molecule has 3 rings (SSSR count). The molecule has 1 aromatic carbocycles. The molecule has 1 aromatic heterocycles. The molecule has 1 saturated heterocycles. The number of aliphatic hydroxyl groups excluding tert-OH is 1. The summed E-state index contributed by atoms with van der Waals surface area (Å²) in [7, 11) is 0. The van der Waals surface area contributed by atoms with Gasteiger partial charge in [0.25, 0.3) is 0 Å². The van der Waals surface area contributed by atoms with E-state index in [2.05, 4.69) is 9.88 Å². The zero-order valence-corrected chi connectivity index (χ0v) is 12.7. The quantitative estimate of drug-likeness (QED) is 0.943. The summed E-state index contributed by atoms with van der Waals surface area (Å²) in [6, 6.07) is 6.24. The van der Waals surface area contributed by atoms with Gasteiger partial charge in [-0.15, -0.1) is 0 Å². The Hall–Kier alpha value is -1.72. The molecule has 0 spiro atoms. The lowest BCUT2D eigenvalue weighted by molar-refractivity contribution is 0.0594. The Balaban J connectivity index is 1.67. The van der Waals surface area contributed by atoms with Gasteiger partial charge in [0.1, 0.15) is 12.1 Å². The van der Waals surface area contributed by atoms with Gasteiger partial charge in [0.2, 0.25) is 5.89 Å². The molecule has 4 nitrogen and oxygen atoms in total. The summed E-state index contributed by atoms with van der Waals surface area (Å²) < 4.78 is 18.7. The predicted molar refractivity (Wildman–Crippen MR) is 81.6 cm³/mol. The number of aliphatic hydroxyl groups is 1. The van der Waals surface area contributed by atoms with Crippen LogP contribution < -0.4 is 0 Å². The molecule has 2 atom stereocenters. The van der Waals surface area contributed by atoms with Crippen molar-refractivity contribution < 1.29 is 13.9 Å². The van der Waals surface area contributed by atoms with Crippen LogP contribution in [0.3, 0.4) is 0 Å². The fourth-order valence-electron chi connectivity index (χ4n) is 2.99. The second-order valence-corrected chi connectivity index (χ2v) is 6.03. The zero-order valence-electron chi connectivity index (χ0n) is 12.7. The molecule has 1 N–H and O–H groups in total. The van der Waals surface area contributed by atoms with Gasteiger partial charge in [0.15, 0.2) is 0 Å². The fraction of sp³-hybridized carbons (Fsp3) is 0.471. The predicted octanol–water partition coefficient (Wildman–Crippen LogP) is 3.07. The Morgan fingerprint density at radius 2 is 2.36 bits per heavy atom. The molecule has 1 fully saturated rings. The number of piperidine rings is 1. The standard InChI is InChI=1S/C17H21FN2O2/c1-12(21)14-5-3-7-20(9-14)10-16-11-22-17(19-16)13-4-2-6-15(18)8-13/h2,4,6,8,11-12,14,21H,3,5,7,9-10H2,1H3. The van der Waals surface area contributed by atoms with Crippen LogP contribution in [0.25, 0.3) is 11.5 Å². The van der Waals surface area contributed by atoms with Crippen LogP contribution in [-0.2, 0) is 6.54 Å². The van der Waals surface area contributed by atoms with Gasteiger partial charge in [-0.05, 0) is 50.4 Å². The van der Waals surface area contributed by atoms with E-state index in [1.165, 1.54) is 12.1 Å². The molecule has 0 bridgehead atoms. The van der Waals surface area contributed by atoms with Crippen LogP contribution in [0.4, 0.5) is 4.39 Å². The lowest BCUT2D eigenvalue weighted by Crippen LogP contribution is -2.39. The molecule has 0 aliphatic carbocycles. The molecule has 2 heterocycles. The number of oxazole rings is 1. The average molecular weight is 304 g/mol. The van der Waals surface area contributed by atoms with Gasteiger partial charge in [-0.25, -0.2) is 9.37 Å². The largest absolute Gasteiger partial charge is 0.444 e. The second kappa shape index (κ2) is 6.58. The topological polar surface area (TPSA) is 49.5 Å². The van der Waals surface area contributed by atoms with E-state index in [4.69, 9.17) is 4.42 Å². The number of halogens is 1. The van der Waals surface area contributed by atoms with Gasteiger partial charge >= 0.3 is 0 Å². The number of nitrogens with zero attached hydrogens (tertiary/aromatic N) is 2. The molecule has 5 heteroatoms. The lowest BCUT2D eigenvalue weighted by Gasteiger charge is -2.33. The first-order valence-corrected chi connectivity index (χ1v) is 7.72. The lowest BCUT2D eigenvalue weighted by atomic mass is 9.93. The molecule has 118 valence electrons. The first-order chi connectivity index (χ1) is 10.6. The van der Waals surface area contributed by atoms with Crippen molar-refractivity contribution in [3.05, 3.63) is 42.0 Å². The second-order valence-electron chi connectivity index (χ2n) is 6.03. The minimum atomic E-state index is -0.298. The smallest absolute Gasteiger partial charge is 0.226 e. The average Bonchev–Trinajstić information content (AvgIpc) is 2.96. The molecular weight excluding hydrogens is 283 g/mol. The third-order valence-electron chi connectivity index (χ3n) is 4.23. The van der Waals surface area contributed by atoms with Gasteiger partial charge in [0, 0.05) is 18.7 Å². The molecule has 0 amide bonds. The van der Waals surface area contributed by atoms with Crippen molar-refractivity contribution in [2.24, 2.45) is 5.92 Å². The molecule has 1 aliphatic heterocycles. The van der Waals surface area contributed by atoms with E-state index in [0.29, 0.717) is 23.9 Å². The van der Waals surface area contributed by atoms with Crippen LogP contribution in [0.1, 0.15) is 25.5 Å². The Bertz CT molecular complexity index is 627. The molecule has 0 saturated carbocycles. The number of aromatic nitrogens is 1. The minimum absolute atomic E-state index is 0.275. The van der Waals surface area contributed by atoms with Crippen LogP contribution in [0.5, 0.6) is 0 Å². The SMILES string of the molecule is CC(O)C1CCCN(Cc2coc(-c3cccc(F)c3)n2)C1. The highest BCUT2D eigenvalue weighted by Gasteiger charge is 2.24. The van der Waals surface area contributed by atoms with Crippen molar-refractivity contribution >= 4 is 0 Å². The van der Waals surface area contributed by atoms with E-state index in [1.54, 1.807) is 18.4 Å². The minimum Gasteiger partial charge on any atom is -0.444 e. The highest BCUT2D eigenvalue weighted by molar-refractivity contribution is 5.52. The number of likely N-dealkylation sites (tertiary alicyclic amines) is 1. The van der Waals surface area contributed by atoms with E-state index in [1.807, 2.05) is 6.92 Å². The van der Waals surface area contributed by atoms with E-state index in [9.17, 15) is 9.50 Å². The van der Waals surface area contributed by atoms with E-state index in [-0.39, 0.29) is 11.9 Å². The maximum Gasteiger partial charge on any atom is 0.226 e. The summed E-state index contributed by atoms with van der Waals surface area (Å²) in [5, 5.41) is 9.74. The molecule has 2 aromatic rings. The molecule has 0 radical (unpaired) electrons. The zero-order chi connectivity index (χ0) is 15.5. The maximum atomic E-state index is 13.2. The summed E-state index contributed by atoms with van der Waals surface area (Å²) in [5.74, 6) is 0.468. The van der Waals surface area contributed by atoms with Crippen molar-refractivity contribution in [3.8, 4) is 11.5 Å². The number of hydrogen-bond acceptors (Lipinski definition) is 4. The molecule has 22 heavy (non-hydrogen) atoms. The highest BCUT2D eigenvalue weighted by Crippen LogP contribution is 2.23. The van der Waals surface area contributed by atoms with E-state index in [0.717, 1.165) is 31.6 Å². The molecular formula is C17H21FN2O2. The van der Waals surface area contributed by atoms with Crippen molar-refractivity contribution in [2.45, 2.75) is 32.4 Å². The van der Waals surface area contributed by atoms with E-state index < -0.39 is 0 Å². The van der Waals surface area contributed by atoms with Crippen LogP contribution in [0, 0.1) is 11.7 Å². The van der Waals surface area contributed by atoms with Crippen molar-refractivity contribution in [1.82, 2.24) is 9.88 Å². The van der Waals surface area contributed by atoms with Crippen LogP contribution in [-0.4, -0.2) is 34.2 Å². The van der Waals surface area contributed by atoms with Crippen LogP contribution in [0.15, 0.2) is 34.9 Å². The van der Waals surface area contributed by atoms with Crippen molar-refractivity contribution in [2.75, 3.05) is 13.1 Å². The van der Waals surface area contributed by atoms with Crippen molar-refractivity contribution in [1.29, 1.82) is 0 Å². The Kier molecular flexibility index (Phi) is 4.55. The Labute approximate surface area is 129 Å². The van der Waals surface area contributed by atoms with Gasteiger partial charge in [0.05, 0.1) is 11.8 Å². The van der Waals surface area contributed by atoms with Gasteiger partial charge < -0.3 is 9.52 Å². The summed E-state index contributed by atoms with van der Waals surface area (Å²) in [5.41, 5.74) is 1.48. The van der Waals surface area contributed by atoms with Crippen molar-refractivity contribution in [3.63, 3.8) is 0 Å². The summed E-state index contributed by atoms with van der Waals surface area (Å²) in [6.45, 7) is 4.43. The first-order valence-electron chi connectivity index (χ1n) is 7.72. The Morgan fingerprint density at radius 1 is 1.50 bits per heavy atom. The number of rotatable bonds is 4. The van der Waals surface area contributed by atoms with Gasteiger partial charge in [-0.2, -0.15) is 0 Å². The van der Waals surface area contributed by atoms with Crippen LogP contribution >= 0.6 is 0 Å². The Morgan fingerprint density at radius 3 is 3.14 bits per heavy atom. The third kappa shape index (κ3) is 3.54. The summed E-state index contributed by atoms with van der Waals surface area (Å²) in [6.07, 6.45) is 3.51. The van der Waals surface area contributed by atoms with Crippen LogP contribution in [0.2, 0.25) is 0 Å². The van der Waals surface area contributed by atoms with E-state index >= 15 is 0 Å². The summed E-state index contributed by atoms with van der Waals surface area (Å²) in [4.78, 5) is 6.73. The third-order valence-corrected chi connectivity index (χ3v) is 4.23. The summed E-state index contributed by atoms with van der Waals surface area (Å²) >= 11 is 0. The molecule has 1 aliphatic rings. The fourth-order valence-corrected chi connectivity index (χ4v) is 2.99. The first kappa shape index (κ1) is 15.2. The number of benzene rings is 1.